The Morgan fingerprint density at radius 3 is 2.89 bits per heavy atom. The molecule has 2 aliphatic heterocycles. The molecule has 0 aromatic heterocycles. The van der Waals surface area contributed by atoms with Crippen LogP contribution in [0.4, 0.5) is 14.9 Å². The van der Waals surface area contributed by atoms with Crippen LogP contribution in [0.3, 0.4) is 0 Å². The first kappa shape index (κ1) is 26.5. The maximum atomic E-state index is 14.6. The number of ether oxygens (including phenoxy) is 2. The van der Waals surface area contributed by atoms with Crippen LogP contribution in [0.15, 0.2) is 47.1 Å². The third kappa shape index (κ3) is 5.72. The number of hydrogen-bond donors (Lipinski definition) is 2. The summed E-state index contributed by atoms with van der Waals surface area (Å²) in [7, 11) is 1.64. The van der Waals surface area contributed by atoms with Gasteiger partial charge in [-0.3, -0.25) is 15.1 Å². The summed E-state index contributed by atoms with van der Waals surface area (Å²) in [4.78, 5) is 30.6. The number of amides is 2. The van der Waals surface area contributed by atoms with Crippen LogP contribution in [-0.2, 0) is 21.5 Å². The van der Waals surface area contributed by atoms with E-state index in [1.165, 1.54) is 35.0 Å². The van der Waals surface area contributed by atoms with Crippen LogP contribution in [0.2, 0.25) is 5.02 Å². The van der Waals surface area contributed by atoms with Crippen LogP contribution in [0.1, 0.15) is 49.5 Å². The van der Waals surface area contributed by atoms with Crippen LogP contribution in [0.5, 0.6) is 5.75 Å². The number of cyclic esters (lactones) is 1. The van der Waals surface area contributed by atoms with E-state index < -0.39 is 18.0 Å². The van der Waals surface area contributed by atoms with Crippen molar-refractivity contribution in [1.82, 2.24) is 4.90 Å². The minimum absolute atomic E-state index is 0.0102. The number of benzene rings is 2. The molecule has 0 fully saturated rings. The Kier molecular flexibility index (Phi) is 7.73. The summed E-state index contributed by atoms with van der Waals surface area (Å²) in [6.45, 7) is 5.64. The number of carbonyl (C=O) groups is 2. The number of aliphatic imine (C=N–C) groups is 1. The summed E-state index contributed by atoms with van der Waals surface area (Å²) in [5, 5.41) is 2.43. The minimum atomic E-state index is -0.807. The first-order valence-electron chi connectivity index (χ1n) is 12.0. The van der Waals surface area contributed by atoms with Crippen molar-refractivity contribution < 1.29 is 23.5 Å². The van der Waals surface area contributed by atoms with E-state index in [1.54, 1.807) is 7.05 Å². The molecule has 0 aliphatic carbocycles. The molecule has 0 saturated carbocycles. The van der Waals surface area contributed by atoms with E-state index in [9.17, 15) is 14.0 Å². The summed E-state index contributed by atoms with van der Waals surface area (Å²) in [5.41, 5.74) is 8.61. The second-order valence-corrected chi connectivity index (χ2v) is 10.2. The van der Waals surface area contributed by atoms with Gasteiger partial charge in [-0.15, -0.1) is 0 Å². The van der Waals surface area contributed by atoms with Gasteiger partial charge < -0.3 is 20.1 Å². The molecule has 0 radical (unpaired) electrons. The third-order valence-electron chi connectivity index (χ3n) is 6.54. The van der Waals surface area contributed by atoms with Crippen molar-refractivity contribution in [3.8, 4) is 5.75 Å². The van der Waals surface area contributed by atoms with Gasteiger partial charge in [-0.1, -0.05) is 37.6 Å². The number of nitrogens with one attached hydrogen (secondary N) is 1. The molecule has 1 unspecified atom stereocenters. The topological polar surface area (TPSA) is 106 Å². The van der Waals surface area contributed by atoms with Gasteiger partial charge in [-0.05, 0) is 36.6 Å². The van der Waals surface area contributed by atoms with Gasteiger partial charge in [-0.2, -0.15) is 0 Å². The zero-order valence-electron chi connectivity index (χ0n) is 21.0. The predicted molar refractivity (Wildman–Crippen MR) is 141 cm³/mol. The highest BCUT2D eigenvalue weighted by Crippen LogP contribution is 2.39. The van der Waals surface area contributed by atoms with Crippen molar-refractivity contribution in [2.24, 2.45) is 10.7 Å². The Morgan fingerprint density at radius 1 is 1.35 bits per heavy atom. The normalized spacial score (nSPS) is 18.0. The Hall–Kier alpha value is -3.59. The van der Waals surface area contributed by atoms with E-state index in [-0.39, 0.29) is 27.5 Å². The van der Waals surface area contributed by atoms with Crippen molar-refractivity contribution >= 4 is 35.5 Å². The summed E-state index contributed by atoms with van der Waals surface area (Å²) >= 11 is 5.91. The van der Waals surface area contributed by atoms with Gasteiger partial charge in [0.15, 0.2) is 5.82 Å². The van der Waals surface area contributed by atoms with Crippen LogP contribution in [-0.4, -0.2) is 43.3 Å². The molecule has 0 saturated heterocycles. The Morgan fingerprint density at radius 2 is 2.14 bits per heavy atom. The Bertz CT molecular complexity index is 1280. The van der Waals surface area contributed by atoms with Crippen LogP contribution in [0.25, 0.3) is 0 Å². The van der Waals surface area contributed by atoms with Crippen LogP contribution in [0, 0.1) is 5.82 Å². The maximum absolute atomic E-state index is 14.6. The van der Waals surface area contributed by atoms with Gasteiger partial charge in [0.25, 0.3) is 5.91 Å². The van der Waals surface area contributed by atoms with Gasteiger partial charge in [0, 0.05) is 37.0 Å². The number of halogens is 2. The molecule has 2 aliphatic rings. The highest BCUT2D eigenvalue weighted by Gasteiger charge is 2.32. The molecule has 2 amide bonds. The fourth-order valence-electron chi connectivity index (χ4n) is 4.46. The average molecular weight is 529 g/mol. The molecule has 4 rings (SSSR count). The van der Waals surface area contributed by atoms with Crippen molar-refractivity contribution in [3.63, 3.8) is 0 Å². The number of nitrogens with zero attached hydrogens (tertiary/aromatic N) is 2. The van der Waals surface area contributed by atoms with E-state index in [1.807, 2.05) is 12.1 Å². The molecule has 37 heavy (non-hydrogen) atoms. The fraction of sp³-hybridized carbons (Fsp3) is 0.370. The first-order chi connectivity index (χ1) is 17.6. The molecule has 196 valence electrons. The fourth-order valence-corrected chi connectivity index (χ4v) is 4.62. The summed E-state index contributed by atoms with van der Waals surface area (Å²) in [6.07, 6.45) is 1.97. The van der Waals surface area contributed by atoms with Crippen molar-refractivity contribution in [1.29, 1.82) is 0 Å². The minimum Gasteiger partial charge on any atom is -0.492 e. The van der Waals surface area contributed by atoms with Crippen LogP contribution < -0.4 is 15.8 Å². The quantitative estimate of drug-likeness (QED) is 0.366. The molecule has 0 bridgehead atoms. The number of likely N-dealkylation sites (N-methyl/N-ethyl adjacent to an activating group) is 1. The van der Waals surface area contributed by atoms with Crippen molar-refractivity contribution in [3.05, 3.63) is 69.6 Å². The summed E-state index contributed by atoms with van der Waals surface area (Å²) < 4.78 is 25.7. The molecule has 2 aromatic carbocycles. The lowest BCUT2D eigenvalue weighted by atomic mass is 9.87. The SMILES string of the molecule is CN(CCCC1OC(=O)Nc2ccc(Cl)c(F)c21)C(=O)/C(C=NCc1ccc2c(c1)OCC2(C)C)=C/N. The molecular weight excluding hydrogens is 499 g/mol. The van der Waals surface area contributed by atoms with E-state index >= 15 is 0 Å². The Labute approximate surface area is 220 Å². The first-order valence-corrected chi connectivity index (χ1v) is 12.4. The number of rotatable bonds is 8. The second kappa shape index (κ2) is 10.8. The van der Waals surface area contributed by atoms with E-state index in [0.29, 0.717) is 38.2 Å². The standard InChI is InChI=1S/C27H30ClFN4O4/c1-27(2)15-36-22-11-16(6-7-18(22)27)13-31-14-17(12-30)25(34)33(3)10-4-5-21-23-20(32-26(35)37-21)9-8-19(28)24(23)29/h6-9,11-12,14,21H,4-5,10,13,15,30H2,1-3H3,(H,32,35)/b17-12+,31-14?. The van der Waals surface area contributed by atoms with Crippen molar-refractivity contribution in [2.45, 2.75) is 44.8 Å². The van der Waals surface area contributed by atoms with Gasteiger partial charge >= 0.3 is 6.09 Å². The molecule has 8 nitrogen and oxygen atoms in total. The highest BCUT2D eigenvalue weighted by atomic mass is 35.5. The predicted octanol–water partition coefficient (Wildman–Crippen LogP) is 5.10. The summed E-state index contributed by atoms with van der Waals surface area (Å²) in [6, 6.07) is 8.96. The van der Waals surface area contributed by atoms with Gasteiger partial charge in [0.2, 0.25) is 0 Å². The number of nitrogens with two attached hydrogens (primary N) is 1. The molecule has 10 heteroatoms. The zero-order valence-corrected chi connectivity index (χ0v) is 21.8. The van der Waals surface area contributed by atoms with Gasteiger partial charge in [0.05, 0.1) is 35.0 Å². The number of hydrogen-bond acceptors (Lipinski definition) is 6. The number of fused-ring (bicyclic) bond motifs is 2. The highest BCUT2D eigenvalue weighted by molar-refractivity contribution is 6.31. The van der Waals surface area contributed by atoms with Crippen LogP contribution >= 0.6 is 11.6 Å². The van der Waals surface area contributed by atoms with Gasteiger partial charge in [-0.25, -0.2) is 9.18 Å². The molecular formula is C27H30ClFN4O4. The van der Waals surface area contributed by atoms with Crippen molar-refractivity contribution in [2.75, 3.05) is 25.5 Å². The lowest BCUT2D eigenvalue weighted by molar-refractivity contribution is -0.125. The Balaban J connectivity index is 1.32. The lowest BCUT2D eigenvalue weighted by Crippen LogP contribution is -2.31. The largest absolute Gasteiger partial charge is 0.492 e. The summed E-state index contributed by atoms with van der Waals surface area (Å²) in [5.74, 6) is -0.0636. The van der Waals surface area contributed by atoms with E-state index in [2.05, 4.69) is 30.2 Å². The molecule has 2 aromatic rings. The monoisotopic (exact) mass is 528 g/mol. The molecule has 2 heterocycles. The maximum Gasteiger partial charge on any atom is 0.412 e. The average Bonchev–Trinajstić information content (AvgIpc) is 3.17. The second-order valence-electron chi connectivity index (χ2n) is 9.81. The molecule has 0 spiro atoms. The lowest BCUT2D eigenvalue weighted by Gasteiger charge is -2.27. The smallest absolute Gasteiger partial charge is 0.412 e. The molecule has 1 atom stereocenters. The van der Waals surface area contributed by atoms with E-state index in [0.717, 1.165) is 11.3 Å². The van der Waals surface area contributed by atoms with E-state index in [4.69, 9.17) is 26.8 Å². The number of anilines is 1. The number of carbonyl (C=O) groups excluding carboxylic acids is 2. The zero-order chi connectivity index (χ0) is 26.7. The third-order valence-corrected chi connectivity index (χ3v) is 6.83. The molecule has 3 N–H and O–H groups in total. The van der Waals surface area contributed by atoms with Gasteiger partial charge in [0.1, 0.15) is 11.9 Å².